The highest BCUT2D eigenvalue weighted by Crippen LogP contribution is 2.24. The van der Waals surface area contributed by atoms with Gasteiger partial charge in [-0.3, -0.25) is 14.5 Å². The topological polar surface area (TPSA) is 92.8 Å². The van der Waals surface area contributed by atoms with Gasteiger partial charge in [-0.2, -0.15) is 0 Å². The summed E-state index contributed by atoms with van der Waals surface area (Å²) in [5.41, 5.74) is 1.50. The Morgan fingerprint density at radius 1 is 0.964 bits per heavy atom. The molecule has 0 radical (unpaired) electrons. The molecule has 148 valence electrons. The van der Waals surface area contributed by atoms with Crippen LogP contribution >= 0.6 is 0 Å². The third-order valence-electron chi connectivity index (χ3n) is 4.55. The number of carbonyl (C=O) groups excluding carboxylic acids is 2. The molecule has 1 heterocycles. The van der Waals surface area contributed by atoms with Crippen LogP contribution in [-0.4, -0.2) is 33.9 Å². The number of carbonyl (C=O) groups is 2. The number of aryl methyl sites for hydroxylation is 1. The molecular weight excluding hydrogens is 380 g/mol. The number of ether oxygens (including phenoxy) is 1. The van der Waals surface area contributed by atoms with E-state index in [4.69, 9.17) is 4.74 Å². The minimum absolute atomic E-state index is 0.0970. The summed E-state index contributed by atoms with van der Waals surface area (Å²) in [6.45, 7) is 0.305. The molecule has 1 aliphatic rings. The van der Waals surface area contributed by atoms with Gasteiger partial charge in [-0.25, -0.2) is 13.1 Å². The largest absolute Gasteiger partial charge is 0.497 e. The quantitative estimate of drug-likeness (QED) is 0.540. The van der Waals surface area contributed by atoms with Gasteiger partial charge in [-0.1, -0.05) is 12.1 Å². The van der Waals surface area contributed by atoms with Crippen LogP contribution in [0.5, 0.6) is 5.75 Å². The SMILES string of the molecule is COc1ccc(CCCNS(=O)(=O)c2ccc(N3C(=O)CCC3=O)cc2)cc1. The highest BCUT2D eigenvalue weighted by atomic mass is 32.2. The molecule has 0 aliphatic carbocycles. The van der Waals surface area contributed by atoms with Crippen molar-refractivity contribution in [3.63, 3.8) is 0 Å². The lowest BCUT2D eigenvalue weighted by molar-refractivity contribution is -0.121. The first-order valence-electron chi connectivity index (χ1n) is 8.99. The fourth-order valence-corrected chi connectivity index (χ4v) is 4.09. The van der Waals surface area contributed by atoms with Gasteiger partial charge in [0.1, 0.15) is 5.75 Å². The van der Waals surface area contributed by atoms with Crippen molar-refractivity contribution in [2.45, 2.75) is 30.6 Å². The van der Waals surface area contributed by atoms with Crippen LogP contribution in [0.25, 0.3) is 0 Å². The third-order valence-corrected chi connectivity index (χ3v) is 6.03. The zero-order valence-corrected chi connectivity index (χ0v) is 16.4. The van der Waals surface area contributed by atoms with E-state index >= 15 is 0 Å². The summed E-state index contributed by atoms with van der Waals surface area (Å²) in [4.78, 5) is 24.7. The molecule has 1 N–H and O–H groups in total. The van der Waals surface area contributed by atoms with Crippen LogP contribution in [0.2, 0.25) is 0 Å². The lowest BCUT2D eigenvalue weighted by Gasteiger charge is -2.14. The van der Waals surface area contributed by atoms with E-state index in [9.17, 15) is 18.0 Å². The smallest absolute Gasteiger partial charge is 0.240 e. The van der Waals surface area contributed by atoms with Gasteiger partial charge in [-0.05, 0) is 54.8 Å². The molecule has 0 saturated carbocycles. The second-order valence-corrected chi connectivity index (χ2v) is 8.23. The summed E-state index contributed by atoms with van der Waals surface area (Å²) in [6, 6.07) is 13.4. The number of methoxy groups -OCH3 is 1. The molecule has 1 aliphatic heterocycles. The fourth-order valence-electron chi connectivity index (χ4n) is 3.01. The Morgan fingerprint density at radius 3 is 2.14 bits per heavy atom. The van der Waals surface area contributed by atoms with Crippen LogP contribution < -0.4 is 14.4 Å². The van der Waals surface area contributed by atoms with Gasteiger partial charge in [0.2, 0.25) is 21.8 Å². The number of hydrogen-bond acceptors (Lipinski definition) is 5. The van der Waals surface area contributed by atoms with E-state index in [-0.39, 0.29) is 29.6 Å². The number of hydrogen-bond donors (Lipinski definition) is 1. The fraction of sp³-hybridized carbons (Fsp3) is 0.300. The van der Waals surface area contributed by atoms with Crippen LogP contribution in [-0.2, 0) is 26.0 Å². The van der Waals surface area contributed by atoms with E-state index in [1.54, 1.807) is 7.11 Å². The van der Waals surface area contributed by atoms with Crippen LogP contribution in [0.15, 0.2) is 53.4 Å². The summed E-state index contributed by atoms with van der Waals surface area (Å²) < 4.78 is 32.5. The van der Waals surface area contributed by atoms with Gasteiger partial charge in [0.15, 0.2) is 0 Å². The van der Waals surface area contributed by atoms with E-state index in [0.29, 0.717) is 18.7 Å². The van der Waals surface area contributed by atoms with Crippen molar-refractivity contribution in [2.75, 3.05) is 18.6 Å². The standard InChI is InChI=1S/C20H22N2O5S/c1-27-17-8-4-15(5-9-17)3-2-14-21-28(25,26)18-10-6-16(7-11-18)22-19(23)12-13-20(22)24/h4-11,21H,2-3,12-14H2,1H3. The van der Waals surface area contributed by atoms with Crippen molar-refractivity contribution in [1.29, 1.82) is 0 Å². The van der Waals surface area contributed by atoms with Crippen molar-refractivity contribution in [1.82, 2.24) is 4.72 Å². The molecular formula is C20H22N2O5S. The van der Waals surface area contributed by atoms with Crippen LogP contribution in [0.3, 0.4) is 0 Å². The van der Waals surface area contributed by atoms with Gasteiger partial charge >= 0.3 is 0 Å². The molecule has 0 atom stereocenters. The lowest BCUT2D eigenvalue weighted by Crippen LogP contribution is -2.29. The second-order valence-electron chi connectivity index (χ2n) is 6.47. The number of imide groups is 1. The predicted octanol–water partition coefficient (Wildman–Crippen LogP) is 2.26. The number of benzene rings is 2. The highest BCUT2D eigenvalue weighted by Gasteiger charge is 2.30. The van der Waals surface area contributed by atoms with E-state index < -0.39 is 10.0 Å². The minimum atomic E-state index is -3.65. The molecule has 3 rings (SSSR count). The van der Waals surface area contributed by atoms with Crippen LogP contribution in [0.4, 0.5) is 5.69 Å². The number of anilines is 1. The molecule has 1 fully saturated rings. The maximum absolute atomic E-state index is 12.4. The maximum Gasteiger partial charge on any atom is 0.240 e. The van der Waals surface area contributed by atoms with E-state index in [0.717, 1.165) is 22.6 Å². The Hall–Kier alpha value is -2.71. The zero-order chi connectivity index (χ0) is 20.1. The summed E-state index contributed by atoms with van der Waals surface area (Å²) in [7, 11) is -2.04. The van der Waals surface area contributed by atoms with Crippen molar-refractivity contribution >= 4 is 27.5 Å². The van der Waals surface area contributed by atoms with Crippen molar-refractivity contribution in [3.8, 4) is 5.75 Å². The summed E-state index contributed by atoms with van der Waals surface area (Å²) >= 11 is 0. The Balaban J connectivity index is 1.55. The molecule has 2 aromatic rings. The molecule has 7 nitrogen and oxygen atoms in total. The Bertz CT molecular complexity index is 937. The van der Waals surface area contributed by atoms with Crippen molar-refractivity contribution < 1.29 is 22.7 Å². The summed E-state index contributed by atoms with van der Waals surface area (Å²) in [5.74, 6) is 0.250. The predicted molar refractivity (Wildman–Crippen MR) is 105 cm³/mol. The first-order valence-corrected chi connectivity index (χ1v) is 10.5. The minimum Gasteiger partial charge on any atom is -0.497 e. The van der Waals surface area contributed by atoms with Gasteiger partial charge < -0.3 is 4.74 Å². The zero-order valence-electron chi connectivity index (χ0n) is 15.6. The number of rotatable bonds is 8. The Kier molecular flexibility index (Phi) is 6.11. The van der Waals surface area contributed by atoms with E-state index in [1.807, 2.05) is 24.3 Å². The molecule has 2 aromatic carbocycles. The highest BCUT2D eigenvalue weighted by molar-refractivity contribution is 7.89. The number of nitrogens with zero attached hydrogens (tertiary/aromatic N) is 1. The average Bonchev–Trinajstić information content (AvgIpc) is 3.04. The van der Waals surface area contributed by atoms with Gasteiger partial charge in [0.05, 0.1) is 17.7 Å². The molecule has 0 unspecified atom stereocenters. The van der Waals surface area contributed by atoms with Crippen molar-refractivity contribution in [2.24, 2.45) is 0 Å². The molecule has 1 saturated heterocycles. The van der Waals surface area contributed by atoms with Gasteiger partial charge in [0, 0.05) is 19.4 Å². The van der Waals surface area contributed by atoms with Crippen molar-refractivity contribution in [3.05, 3.63) is 54.1 Å². The first kappa shape index (κ1) is 20.0. The van der Waals surface area contributed by atoms with Gasteiger partial charge in [0.25, 0.3) is 0 Å². The molecule has 0 bridgehead atoms. The normalized spacial score (nSPS) is 14.5. The van der Waals surface area contributed by atoms with E-state index in [2.05, 4.69) is 4.72 Å². The maximum atomic E-state index is 12.4. The summed E-state index contributed by atoms with van der Waals surface area (Å²) in [6.07, 6.45) is 1.77. The van der Waals surface area contributed by atoms with E-state index in [1.165, 1.54) is 24.3 Å². The molecule has 8 heteroatoms. The summed E-state index contributed by atoms with van der Waals surface area (Å²) in [5, 5.41) is 0. The monoisotopic (exact) mass is 402 g/mol. The Labute approximate surface area is 164 Å². The number of nitrogens with one attached hydrogen (secondary N) is 1. The van der Waals surface area contributed by atoms with Gasteiger partial charge in [-0.15, -0.1) is 0 Å². The third kappa shape index (κ3) is 4.58. The molecule has 0 aromatic heterocycles. The first-order chi connectivity index (χ1) is 13.4. The van der Waals surface area contributed by atoms with Crippen LogP contribution in [0.1, 0.15) is 24.8 Å². The molecule has 0 spiro atoms. The number of sulfonamides is 1. The molecule has 2 amide bonds. The van der Waals surface area contributed by atoms with Crippen LogP contribution in [0, 0.1) is 0 Å². The second kappa shape index (κ2) is 8.53. The Morgan fingerprint density at radius 2 is 1.57 bits per heavy atom. The number of amides is 2. The molecule has 28 heavy (non-hydrogen) atoms. The lowest BCUT2D eigenvalue weighted by atomic mass is 10.1. The average molecular weight is 402 g/mol.